The predicted octanol–water partition coefficient (Wildman–Crippen LogP) is 3.98. The molecule has 142 valence electrons. The van der Waals surface area contributed by atoms with Crippen LogP contribution in [0.2, 0.25) is 0 Å². The third-order valence-corrected chi connectivity index (χ3v) is 3.92. The maximum atomic E-state index is 12.9. The summed E-state index contributed by atoms with van der Waals surface area (Å²) in [5.41, 5.74) is 4.77. The summed E-state index contributed by atoms with van der Waals surface area (Å²) >= 11 is 2.84. The Morgan fingerprint density at radius 2 is 1.81 bits per heavy atom. The number of alkyl halides is 3. The van der Waals surface area contributed by atoms with Gasteiger partial charge in [0, 0.05) is 16.2 Å². The summed E-state index contributed by atoms with van der Waals surface area (Å²) in [7, 11) is 0. The highest BCUT2D eigenvalue weighted by Gasteiger charge is 2.33. The Bertz CT molecular complexity index is 865. The van der Waals surface area contributed by atoms with Gasteiger partial charge in [-0.15, -0.1) is 0 Å². The first kappa shape index (κ1) is 20.5. The van der Waals surface area contributed by atoms with Crippen molar-refractivity contribution in [3.63, 3.8) is 0 Å². The Labute approximate surface area is 161 Å². The first-order valence-electron chi connectivity index (χ1n) is 7.52. The molecule has 0 radical (unpaired) electrons. The number of primary amides is 1. The van der Waals surface area contributed by atoms with E-state index in [0.29, 0.717) is 11.3 Å². The van der Waals surface area contributed by atoms with Crippen LogP contribution in [0.5, 0.6) is 5.75 Å². The summed E-state index contributed by atoms with van der Waals surface area (Å²) in [4.78, 5) is 22.5. The van der Waals surface area contributed by atoms with Gasteiger partial charge < -0.3 is 15.8 Å². The Morgan fingerprint density at radius 3 is 2.41 bits per heavy atom. The van der Waals surface area contributed by atoms with Gasteiger partial charge in [0.25, 0.3) is 5.91 Å². The average Bonchev–Trinajstić information content (AvgIpc) is 2.59. The van der Waals surface area contributed by atoms with E-state index in [2.05, 4.69) is 21.2 Å². The molecule has 9 heteroatoms. The normalized spacial score (nSPS) is 11.4. The monoisotopic (exact) mass is 442 g/mol. The Balaban J connectivity index is 2.00. The molecule has 0 aliphatic rings. The molecule has 0 atom stereocenters. The van der Waals surface area contributed by atoms with Gasteiger partial charge in [-0.25, -0.2) is 0 Å². The Hall–Kier alpha value is -2.81. The highest BCUT2D eigenvalue weighted by Crippen LogP contribution is 2.36. The van der Waals surface area contributed by atoms with Crippen LogP contribution in [0, 0.1) is 0 Å². The van der Waals surface area contributed by atoms with Crippen molar-refractivity contribution in [3.8, 4) is 5.75 Å². The molecule has 2 rings (SSSR count). The summed E-state index contributed by atoms with van der Waals surface area (Å²) in [6.07, 6.45) is -1.86. The summed E-state index contributed by atoms with van der Waals surface area (Å²) in [5.74, 6) is -0.748. The van der Waals surface area contributed by atoms with Gasteiger partial charge in [0.2, 0.25) is 5.91 Å². The SMILES string of the molecule is NC(=O)COc1ccc(/C=C/C(=O)Nc2ccc(Br)c(C(F)(F)F)c2)cc1. The van der Waals surface area contributed by atoms with E-state index < -0.39 is 23.6 Å². The number of anilines is 1. The van der Waals surface area contributed by atoms with Gasteiger partial charge in [0.15, 0.2) is 6.61 Å². The van der Waals surface area contributed by atoms with Crippen LogP contribution >= 0.6 is 15.9 Å². The molecule has 0 unspecified atom stereocenters. The fourth-order valence-corrected chi connectivity index (χ4v) is 2.48. The van der Waals surface area contributed by atoms with Crippen molar-refractivity contribution in [2.45, 2.75) is 6.18 Å². The van der Waals surface area contributed by atoms with E-state index in [9.17, 15) is 22.8 Å². The summed E-state index contributed by atoms with van der Waals surface area (Å²) in [6.45, 7) is -0.245. The lowest BCUT2D eigenvalue weighted by Crippen LogP contribution is -2.19. The van der Waals surface area contributed by atoms with Crippen molar-refractivity contribution in [1.29, 1.82) is 0 Å². The zero-order valence-corrected chi connectivity index (χ0v) is 15.3. The summed E-state index contributed by atoms with van der Waals surface area (Å²) < 4.78 is 43.6. The van der Waals surface area contributed by atoms with Crippen molar-refractivity contribution in [3.05, 3.63) is 64.1 Å². The number of nitrogens with one attached hydrogen (secondary N) is 1. The van der Waals surface area contributed by atoms with Crippen LogP contribution in [-0.4, -0.2) is 18.4 Å². The molecule has 0 aliphatic carbocycles. The number of carbonyl (C=O) groups is 2. The van der Waals surface area contributed by atoms with E-state index in [1.54, 1.807) is 24.3 Å². The minimum Gasteiger partial charge on any atom is -0.484 e. The number of carbonyl (C=O) groups excluding carboxylic acids is 2. The second kappa shape index (κ2) is 8.72. The van der Waals surface area contributed by atoms with Crippen LogP contribution in [0.3, 0.4) is 0 Å². The highest BCUT2D eigenvalue weighted by atomic mass is 79.9. The quantitative estimate of drug-likeness (QED) is 0.663. The van der Waals surface area contributed by atoms with E-state index in [4.69, 9.17) is 10.5 Å². The number of rotatable bonds is 6. The first-order chi connectivity index (χ1) is 12.6. The van der Waals surface area contributed by atoms with Gasteiger partial charge in [-0.2, -0.15) is 13.2 Å². The molecule has 0 aliphatic heterocycles. The van der Waals surface area contributed by atoms with Crippen LogP contribution in [-0.2, 0) is 15.8 Å². The average molecular weight is 443 g/mol. The lowest BCUT2D eigenvalue weighted by molar-refractivity contribution is -0.138. The molecule has 0 aromatic heterocycles. The summed E-state index contributed by atoms with van der Waals surface area (Å²) in [6, 6.07) is 9.88. The lowest BCUT2D eigenvalue weighted by atomic mass is 10.2. The van der Waals surface area contributed by atoms with Crippen LogP contribution in [0.25, 0.3) is 6.08 Å². The Kier molecular flexibility index (Phi) is 6.62. The van der Waals surface area contributed by atoms with Crippen molar-refractivity contribution in [2.24, 2.45) is 5.73 Å². The van der Waals surface area contributed by atoms with Crippen LogP contribution < -0.4 is 15.8 Å². The third-order valence-electron chi connectivity index (χ3n) is 3.23. The van der Waals surface area contributed by atoms with Crippen LogP contribution in [0.4, 0.5) is 18.9 Å². The minimum absolute atomic E-state index is 0.0235. The van der Waals surface area contributed by atoms with E-state index in [1.165, 1.54) is 24.3 Å². The van der Waals surface area contributed by atoms with Crippen LogP contribution in [0.1, 0.15) is 11.1 Å². The van der Waals surface area contributed by atoms with Crippen molar-refractivity contribution in [1.82, 2.24) is 0 Å². The molecule has 2 amide bonds. The molecule has 0 heterocycles. The van der Waals surface area contributed by atoms with Gasteiger partial charge in [-0.3, -0.25) is 9.59 Å². The zero-order valence-electron chi connectivity index (χ0n) is 13.7. The Morgan fingerprint density at radius 1 is 1.15 bits per heavy atom. The minimum atomic E-state index is -4.53. The molecule has 0 fully saturated rings. The van der Waals surface area contributed by atoms with Crippen molar-refractivity contribution in [2.75, 3.05) is 11.9 Å². The van der Waals surface area contributed by atoms with E-state index in [-0.39, 0.29) is 16.8 Å². The van der Waals surface area contributed by atoms with Crippen LogP contribution in [0.15, 0.2) is 53.0 Å². The number of hydrogen-bond acceptors (Lipinski definition) is 3. The van der Waals surface area contributed by atoms with E-state index in [0.717, 1.165) is 6.07 Å². The topological polar surface area (TPSA) is 81.4 Å². The predicted molar refractivity (Wildman–Crippen MR) is 97.9 cm³/mol. The number of benzene rings is 2. The zero-order chi connectivity index (χ0) is 20.0. The number of hydrogen-bond donors (Lipinski definition) is 2. The molecular formula is C18H14BrF3N2O3. The molecule has 2 aromatic rings. The first-order valence-corrected chi connectivity index (χ1v) is 8.31. The maximum absolute atomic E-state index is 12.9. The second-order valence-electron chi connectivity index (χ2n) is 5.34. The smallest absolute Gasteiger partial charge is 0.417 e. The molecule has 27 heavy (non-hydrogen) atoms. The maximum Gasteiger partial charge on any atom is 0.417 e. The fraction of sp³-hybridized carbons (Fsp3) is 0.111. The fourth-order valence-electron chi connectivity index (χ4n) is 2.01. The number of amides is 2. The van der Waals surface area contributed by atoms with Gasteiger partial charge in [-0.1, -0.05) is 28.1 Å². The number of ether oxygens (including phenoxy) is 1. The molecule has 3 N–H and O–H groups in total. The highest BCUT2D eigenvalue weighted by molar-refractivity contribution is 9.10. The summed E-state index contributed by atoms with van der Waals surface area (Å²) in [5, 5.41) is 2.37. The number of halogens is 4. The van der Waals surface area contributed by atoms with Crippen molar-refractivity contribution >= 4 is 39.5 Å². The molecule has 0 saturated heterocycles. The molecule has 0 spiro atoms. The second-order valence-corrected chi connectivity index (χ2v) is 6.19. The standard InChI is InChI=1S/C18H14BrF3N2O3/c19-15-7-4-12(9-14(15)18(20,21)22)24-17(26)8-3-11-1-5-13(6-2-11)27-10-16(23)25/h1-9H,10H2,(H2,23,25)(H,24,26)/b8-3+. The lowest BCUT2D eigenvalue weighted by Gasteiger charge is -2.11. The van der Waals surface area contributed by atoms with E-state index in [1.807, 2.05) is 0 Å². The van der Waals surface area contributed by atoms with Crippen molar-refractivity contribution < 1.29 is 27.5 Å². The van der Waals surface area contributed by atoms with Gasteiger partial charge >= 0.3 is 6.18 Å². The molecule has 0 bridgehead atoms. The molecular weight excluding hydrogens is 429 g/mol. The van der Waals surface area contributed by atoms with Gasteiger partial charge in [-0.05, 0) is 42.0 Å². The van der Waals surface area contributed by atoms with E-state index >= 15 is 0 Å². The largest absolute Gasteiger partial charge is 0.484 e. The van der Waals surface area contributed by atoms with Gasteiger partial charge in [0.1, 0.15) is 5.75 Å². The number of nitrogens with two attached hydrogens (primary N) is 1. The third kappa shape index (κ3) is 6.45. The molecule has 5 nitrogen and oxygen atoms in total. The van der Waals surface area contributed by atoms with Gasteiger partial charge in [0.05, 0.1) is 5.56 Å². The molecule has 0 saturated carbocycles. The molecule has 2 aromatic carbocycles.